The molecule has 0 unspecified atom stereocenters. The third-order valence-electron chi connectivity index (χ3n) is 2.19. The fraction of sp³-hybridized carbons (Fsp3) is 1.00. The highest BCUT2D eigenvalue weighted by atomic mass is 32.2. The fourth-order valence-electron chi connectivity index (χ4n) is 1.48. The molecule has 0 bridgehead atoms. The Bertz CT molecular complexity index is 238. The number of rotatable bonds is 5. The standard InChI is InChI=1S/C8H17NO3S/c1-12-5-2-4-9-8-3-6-13(10,11)7-8/h8-9H,2-7H2,1H3/t8-/m0/s1. The zero-order valence-electron chi connectivity index (χ0n) is 7.95. The SMILES string of the molecule is COCCCN[C@H]1CCS(=O)(=O)C1. The van der Waals surface area contributed by atoms with Crippen LogP contribution in [0.15, 0.2) is 0 Å². The van der Waals surface area contributed by atoms with Crippen LogP contribution in [0.5, 0.6) is 0 Å². The fourth-order valence-corrected chi connectivity index (χ4v) is 3.19. The number of hydrogen-bond acceptors (Lipinski definition) is 4. The van der Waals surface area contributed by atoms with Gasteiger partial charge in [-0.25, -0.2) is 8.42 Å². The zero-order chi connectivity index (χ0) is 9.73. The Labute approximate surface area is 79.6 Å². The van der Waals surface area contributed by atoms with Gasteiger partial charge in [-0.05, 0) is 19.4 Å². The highest BCUT2D eigenvalue weighted by molar-refractivity contribution is 7.91. The van der Waals surface area contributed by atoms with Crippen LogP contribution < -0.4 is 5.32 Å². The van der Waals surface area contributed by atoms with Crippen molar-refractivity contribution in [3.63, 3.8) is 0 Å². The van der Waals surface area contributed by atoms with Crippen molar-refractivity contribution in [1.82, 2.24) is 5.32 Å². The van der Waals surface area contributed by atoms with Crippen molar-refractivity contribution in [1.29, 1.82) is 0 Å². The summed E-state index contributed by atoms with van der Waals surface area (Å²) in [6.45, 7) is 1.57. The van der Waals surface area contributed by atoms with Gasteiger partial charge in [-0.2, -0.15) is 0 Å². The molecule has 1 heterocycles. The molecule has 78 valence electrons. The van der Waals surface area contributed by atoms with E-state index in [9.17, 15) is 8.42 Å². The van der Waals surface area contributed by atoms with Gasteiger partial charge in [0.2, 0.25) is 0 Å². The molecular formula is C8H17NO3S. The number of nitrogens with one attached hydrogen (secondary N) is 1. The second-order valence-electron chi connectivity index (χ2n) is 3.40. The number of sulfone groups is 1. The monoisotopic (exact) mass is 207 g/mol. The van der Waals surface area contributed by atoms with Gasteiger partial charge in [0.1, 0.15) is 0 Å². The second kappa shape index (κ2) is 4.93. The molecule has 1 rings (SSSR count). The summed E-state index contributed by atoms with van der Waals surface area (Å²) in [5.41, 5.74) is 0. The molecule has 1 aliphatic heterocycles. The summed E-state index contributed by atoms with van der Waals surface area (Å²) in [7, 11) is -1.07. The summed E-state index contributed by atoms with van der Waals surface area (Å²) >= 11 is 0. The van der Waals surface area contributed by atoms with Crippen LogP contribution in [0.1, 0.15) is 12.8 Å². The van der Waals surface area contributed by atoms with Crippen molar-refractivity contribution in [2.45, 2.75) is 18.9 Å². The number of hydrogen-bond donors (Lipinski definition) is 1. The van der Waals surface area contributed by atoms with Gasteiger partial charge in [-0.15, -0.1) is 0 Å². The molecule has 0 aromatic carbocycles. The summed E-state index contributed by atoms with van der Waals surface area (Å²) in [6, 6.07) is 0.168. The molecule has 13 heavy (non-hydrogen) atoms. The van der Waals surface area contributed by atoms with Crippen LogP contribution >= 0.6 is 0 Å². The van der Waals surface area contributed by atoms with Crippen molar-refractivity contribution in [3.8, 4) is 0 Å². The molecule has 1 saturated heterocycles. The Balaban J connectivity index is 2.11. The summed E-state index contributed by atoms with van der Waals surface area (Å²) < 4.78 is 27.0. The Morgan fingerprint density at radius 2 is 2.31 bits per heavy atom. The zero-order valence-corrected chi connectivity index (χ0v) is 8.77. The molecule has 0 amide bonds. The van der Waals surface area contributed by atoms with Gasteiger partial charge >= 0.3 is 0 Å². The minimum Gasteiger partial charge on any atom is -0.385 e. The molecule has 0 aromatic rings. The van der Waals surface area contributed by atoms with Crippen molar-refractivity contribution in [3.05, 3.63) is 0 Å². The third kappa shape index (κ3) is 4.06. The normalized spacial score (nSPS) is 26.4. The lowest BCUT2D eigenvalue weighted by molar-refractivity contribution is 0.193. The largest absolute Gasteiger partial charge is 0.385 e. The molecule has 1 N–H and O–H groups in total. The summed E-state index contributed by atoms with van der Waals surface area (Å²) in [5.74, 6) is 0.648. The van der Waals surface area contributed by atoms with Crippen LogP contribution in [-0.2, 0) is 14.6 Å². The molecule has 0 aliphatic carbocycles. The van der Waals surface area contributed by atoms with E-state index in [1.165, 1.54) is 0 Å². The maximum atomic E-state index is 11.1. The predicted molar refractivity (Wildman–Crippen MR) is 51.6 cm³/mol. The van der Waals surface area contributed by atoms with E-state index in [0.717, 1.165) is 26.0 Å². The smallest absolute Gasteiger partial charge is 0.151 e. The van der Waals surface area contributed by atoms with Crippen molar-refractivity contribution >= 4 is 9.84 Å². The second-order valence-corrected chi connectivity index (χ2v) is 5.63. The number of methoxy groups -OCH3 is 1. The van der Waals surface area contributed by atoms with Gasteiger partial charge in [0.15, 0.2) is 9.84 Å². The average molecular weight is 207 g/mol. The van der Waals surface area contributed by atoms with E-state index in [2.05, 4.69) is 5.32 Å². The van der Waals surface area contributed by atoms with Crippen LogP contribution in [0, 0.1) is 0 Å². The van der Waals surface area contributed by atoms with Crippen LogP contribution in [-0.4, -0.2) is 46.2 Å². The molecule has 5 heteroatoms. The van der Waals surface area contributed by atoms with Gasteiger partial charge in [0, 0.05) is 19.8 Å². The first-order chi connectivity index (χ1) is 6.14. The molecule has 4 nitrogen and oxygen atoms in total. The minimum absolute atomic E-state index is 0.168. The first-order valence-corrected chi connectivity index (χ1v) is 6.39. The van der Waals surface area contributed by atoms with E-state index in [0.29, 0.717) is 11.5 Å². The van der Waals surface area contributed by atoms with Crippen LogP contribution in [0.2, 0.25) is 0 Å². The van der Waals surface area contributed by atoms with Gasteiger partial charge in [0.05, 0.1) is 11.5 Å². The van der Waals surface area contributed by atoms with E-state index in [1.807, 2.05) is 0 Å². The van der Waals surface area contributed by atoms with Gasteiger partial charge in [-0.3, -0.25) is 0 Å². The molecule has 1 aliphatic rings. The lowest BCUT2D eigenvalue weighted by Crippen LogP contribution is -2.31. The van der Waals surface area contributed by atoms with Crippen molar-refractivity contribution < 1.29 is 13.2 Å². The van der Waals surface area contributed by atoms with Crippen LogP contribution in [0.3, 0.4) is 0 Å². The summed E-state index contributed by atoms with van der Waals surface area (Å²) in [6.07, 6.45) is 1.70. The Hall–Kier alpha value is -0.130. The van der Waals surface area contributed by atoms with Crippen LogP contribution in [0.25, 0.3) is 0 Å². The Kier molecular flexibility index (Phi) is 4.15. The number of ether oxygens (including phenoxy) is 1. The molecular weight excluding hydrogens is 190 g/mol. The molecule has 0 saturated carbocycles. The van der Waals surface area contributed by atoms with Crippen molar-refractivity contribution in [2.24, 2.45) is 0 Å². The van der Waals surface area contributed by atoms with E-state index < -0.39 is 9.84 Å². The Morgan fingerprint density at radius 1 is 1.54 bits per heavy atom. The first-order valence-electron chi connectivity index (χ1n) is 4.57. The maximum Gasteiger partial charge on any atom is 0.151 e. The van der Waals surface area contributed by atoms with Gasteiger partial charge in [-0.1, -0.05) is 0 Å². The van der Waals surface area contributed by atoms with Gasteiger partial charge in [0.25, 0.3) is 0 Å². The maximum absolute atomic E-state index is 11.1. The third-order valence-corrected chi connectivity index (χ3v) is 3.96. The molecule has 0 spiro atoms. The first kappa shape index (κ1) is 10.9. The lowest BCUT2D eigenvalue weighted by atomic mass is 10.2. The predicted octanol–water partition coefficient (Wildman–Crippen LogP) is -0.200. The average Bonchev–Trinajstić information content (AvgIpc) is 2.40. The lowest BCUT2D eigenvalue weighted by Gasteiger charge is -2.09. The Morgan fingerprint density at radius 3 is 2.85 bits per heavy atom. The summed E-state index contributed by atoms with van der Waals surface area (Å²) in [4.78, 5) is 0. The topological polar surface area (TPSA) is 55.4 Å². The molecule has 0 aromatic heterocycles. The van der Waals surface area contributed by atoms with E-state index in [4.69, 9.17) is 4.74 Å². The van der Waals surface area contributed by atoms with E-state index >= 15 is 0 Å². The summed E-state index contributed by atoms with van der Waals surface area (Å²) in [5, 5.41) is 3.21. The highest BCUT2D eigenvalue weighted by Gasteiger charge is 2.26. The highest BCUT2D eigenvalue weighted by Crippen LogP contribution is 2.10. The van der Waals surface area contributed by atoms with E-state index in [1.54, 1.807) is 7.11 Å². The van der Waals surface area contributed by atoms with Crippen molar-refractivity contribution in [2.75, 3.05) is 31.8 Å². The molecule has 0 radical (unpaired) electrons. The molecule has 1 atom stereocenters. The van der Waals surface area contributed by atoms with Gasteiger partial charge < -0.3 is 10.1 Å². The van der Waals surface area contributed by atoms with E-state index in [-0.39, 0.29) is 6.04 Å². The minimum atomic E-state index is -2.73. The molecule has 1 fully saturated rings. The van der Waals surface area contributed by atoms with Crippen LogP contribution in [0.4, 0.5) is 0 Å². The quantitative estimate of drug-likeness (QED) is 0.634.